The smallest absolute Gasteiger partial charge is 0.129 e. The van der Waals surface area contributed by atoms with Gasteiger partial charge in [0.25, 0.3) is 0 Å². The molecule has 114 valence electrons. The number of hydrogen-bond donors (Lipinski definition) is 1. The van der Waals surface area contributed by atoms with E-state index in [1.165, 1.54) is 0 Å². The summed E-state index contributed by atoms with van der Waals surface area (Å²) in [4.78, 5) is 0. The van der Waals surface area contributed by atoms with E-state index in [1.54, 1.807) is 14.2 Å². The second-order valence-corrected chi connectivity index (χ2v) is 11.4. The predicted octanol–water partition coefficient (Wildman–Crippen LogP) is 2.80. The fourth-order valence-corrected chi connectivity index (χ4v) is 3.23. The molecule has 4 heteroatoms. The van der Waals surface area contributed by atoms with Crippen LogP contribution in [0, 0.1) is 11.5 Å². The lowest BCUT2D eigenvalue weighted by Crippen LogP contribution is -2.35. The second kappa shape index (κ2) is 5.74. The summed E-state index contributed by atoms with van der Waals surface area (Å²) in [5.41, 5.74) is 4.50. The molecule has 0 aliphatic heterocycles. The van der Waals surface area contributed by atoms with Crippen molar-refractivity contribution >= 4 is 8.07 Å². The molecule has 0 heterocycles. The molecule has 1 aliphatic rings. The molecule has 1 aromatic carbocycles. The van der Waals surface area contributed by atoms with Crippen LogP contribution in [0.15, 0.2) is 12.1 Å². The van der Waals surface area contributed by atoms with Gasteiger partial charge in [-0.2, -0.15) is 0 Å². The minimum Gasteiger partial charge on any atom is -0.496 e. The molecule has 2 rings (SSSR count). The number of hydrogen-bond acceptors (Lipinski definition) is 3. The molecule has 0 bridgehead atoms. The Labute approximate surface area is 128 Å². The van der Waals surface area contributed by atoms with Gasteiger partial charge >= 0.3 is 0 Å². The quantitative estimate of drug-likeness (QED) is 0.674. The largest absolute Gasteiger partial charge is 0.496 e. The molecule has 0 aromatic heterocycles. The van der Waals surface area contributed by atoms with Crippen molar-refractivity contribution in [3.63, 3.8) is 0 Å². The Morgan fingerprint density at radius 2 is 1.67 bits per heavy atom. The maximum atomic E-state index is 10.8. The summed E-state index contributed by atoms with van der Waals surface area (Å²) in [5.74, 6) is 4.81. The summed E-state index contributed by atoms with van der Waals surface area (Å²) >= 11 is 0. The van der Waals surface area contributed by atoms with Gasteiger partial charge in [0.1, 0.15) is 25.2 Å². The predicted molar refractivity (Wildman–Crippen MR) is 87.6 cm³/mol. The monoisotopic (exact) mass is 304 g/mol. The molecule has 1 aromatic rings. The van der Waals surface area contributed by atoms with Crippen molar-refractivity contribution in [2.75, 3.05) is 14.2 Å². The second-order valence-electron chi connectivity index (χ2n) is 6.64. The number of rotatable bonds is 2. The summed E-state index contributed by atoms with van der Waals surface area (Å²) in [6.45, 7) is 6.55. The molecule has 0 saturated carbocycles. The number of methoxy groups -OCH3 is 2. The molecule has 21 heavy (non-hydrogen) atoms. The standard InChI is InChI=1S/C17H24O3Si/c1-19-15-6-7-16(20-2)14-12-17(18,9-8-13(14)15)10-11-21(3,4)5/h6-7,18H,8-9,12H2,1-5H3/t17-/m0/s1. The average Bonchev–Trinajstić information content (AvgIpc) is 2.43. The van der Waals surface area contributed by atoms with Gasteiger partial charge in [-0.1, -0.05) is 25.6 Å². The van der Waals surface area contributed by atoms with Gasteiger partial charge in [-0.15, -0.1) is 5.54 Å². The topological polar surface area (TPSA) is 38.7 Å². The van der Waals surface area contributed by atoms with E-state index in [2.05, 4.69) is 31.1 Å². The van der Waals surface area contributed by atoms with Crippen molar-refractivity contribution in [3.8, 4) is 23.0 Å². The van der Waals surface area contributed by atoms with Crippen LogP contribution in [-0.2, 0) is 12.8 Å². The van der Waals surface area contributed by atoms with Crippen molar-refractivity contribution in [1.29, 1.82) is 0 Å². The van der Waals surface area contributed by atoms with Gasteiger partial charge in [-0.05, 0) is 25.0 Å². The fourth-order valence-electron chi connectivity index (χ4n) is 2.62. The molecule has 0 amide bonds. The van der Waals surface area contributed by atoms with E-state index in [4.69, 9.17) is 9.47 Å². The van der Waals surface area contributed by atoms with Crippen LogP contribution in [-0.4, -0.2) is 33.0 Å². The number of aliphatic hydroxyl groups is 1. The van der Waals surface area contributed by atoms with Gasteiger partial charge in [0.2, 0.25) is 0 Å². The van der Waals surface area contributed by atoms with Gasteiger partial charge in [0, 0.05) is 17.5 Å². The Morgan fingerprint density at radius 3 is 2.19 bits per heavy atom. The third-order valence-corrected chi connectivity index (χ3v) is 4.59. The molecule has 1 aliphatic carbocycles. The van der Waals surface area contributed by atoms with Crippen molar-refractivity contribution in [2.45, 2.75) is 44.5 Å². The van der Waals surface area contributed by atoms with Crippen LogP contribution in [0.25, 0.3) is 0 Å². The Morgan fingerprint density at radius 1 is 1.10 bits per heavy atom. The van der Waals surface area contributed by atoms with Crippen LogP contribution in [0.5, 0.6) is 11.5 Å². The van der Waals surface area contributed by atoms with Gasteiger partial charge in [0.15, 0.2) is 0 Å². The van der Waals surface area contributed by atoms with E-state index in [1.807, 2.05) is 12.1 Å². The zero-order valence-corrected chi connectivity index (χ0v) is 14.5. The van der Waals surface area contributed by atoms with Crippen molar-refractivity contribution in [1.82, 2.24) is 0 Å². The highest BCUT2D eigenvalue weighted by molar-refractivity contribution is 6.83. The third-order valence-electron chi connectivity index (χ3n) is 3.71. The van der Waals surface area contributed by atoms with Crippen LogP contribution in [0.2, 0.25) is 19.6 Å². The molecule has 0 radical (unpaired) electrons. The molecular weight excluding hydrogens is 280 g/mol. The summed E-state index contributed by atoms with van der Waals surface area (Å²) in [6, 6.07) is 3.82. The first-order valence-electron chi connectivity index (χ1n) is 7.27. The van der Waals surface area contributed by atoms with Gasteiger partial charge in [-0.3, -0.25) is 0 Å². The van der Waals surface area contributed by atoms with Gasteiger partial charge in [0.05, 0.1) is 14.2 Å². The maximum absolute atomic E-state index is 10.8. The van der Waals surface area contributed by atoms with Crippen LogP contribution >= 0.6 is 0 Å². The van der Waals surface area contributed by atoms with Crippen molar-refractivity contribution < 1.29 is 14.6 Å². The molecule has 3 nitrogen and oxygen atoms in total. The normalized spacial score (nSPS) is 21.0. The van der Waals surface area contributed by atoms with Crippen molar-refractivity contribution in [3.05, 3.63) is 23.3 Å². The summed E-state index contributed by atoms with van der Waals surface area (Å²) in [5, 5.41) is 10.8. The van der Waals surface area contributed by atoms with E-state index in [-0.39, 0.29) is 0 Å². The summed E-state index contributed by atoms with van der Waals surface area (Å²) in [7, 11) is 1.83. The van der Waals surface area contributed by atoms with Crippen LogP contribution in [0.3, 0.4) is 0 Å². The van der Waals surface area contributed by atoms with E-state index in [0.29, 0.717) is 12.8 Å². The molecular formula is C17H24O3Si. The minimum atomic E-state index is -1.50. The van der Waals surface area contributed by atoms with Crippen LogP contribution in [0.4, 0.5) is 0 Å². The first-order valence-corrected chi connectivity index (χ1v) is 10.8. The minimum absolute atomic E-state index is 0.500. The zero-order valence-electron chi connectivity index (χ0n) is 13.5. The van der Waals surface area contributed by atoms with Gasteiger partial charge in [-0.25, -0.2) is 0 Å². The number of ether oxygens (including phenoxy) is 2. The lowest BCUT2D eigenvalue weighted by molar-refractivity contribution is 0.0849. The first kappa shape index (κ1) is 15.9. The highest BCUT2D eigenvalue weighted by Gasteiger charge is 2.34. The van der Waals surface area contributed by atoms with E-state index >= 15 is 0 Å². The van der Waals surface area contributed by atoms with E-state index in [0.717, 1.165) is 29.0 Å². The zero-order chi connectivity index (χ0) is 15.7. The lowest BCUT2D eigenvalue weighted by atomic mass is 9.80. The molecule has 0 saturated heterocycles. The number of fused-ring (bicyclic) bond motifs is 1. The molecule has 1 N–H and O–H groups in total. The Kier molecular flexibility index (Phi) is 4.36. The van der Waals surface area contributed by atoms with Crippen LogP contribution in [0.1, 0.15) is 17.5 Å². The third kappa shape index (κ3) is 3.61. The highest BCUT2D eigenvalue weighted by atomic mass is 28.3. The number of benzene rings is 1. The lowest BCUT2D eigenvalue weighted by Gasteiger charge is -2.31. The molecule has 0 fully saturated rings. The Hall–Kier alpha value is -1.44. The average molecular weight is 304 g/mol. The van der Waals surface area contributed by atoms with E-state index < -0.39 is 13.7 Å². The maximum Gasteiger partial charge on any atom is 0.129 e. The molecule has 1 atom stereocenters. The molecule has 0 spiro atoms. The molecule has 0 unspecified atom stereocenters. The summed E-state index contributed by atoms with van der Waals surface area (Å²) < 4.78 is 10.9. The summed E-state index contributed by atoms with van der Waals surface area (Å²) in [6.07, 6.45) is 1.90. The fraction of sp³-hybridized carbons (Fsp3) is 0.529. The van der Waals surface area contributed by atoms with E-state index in [9.17, 15) is 5.11 Å². The SMILES string of the molecule is COc1ccc(OC)c2c1CC[C@](O)(C#C[Si](C)(C)C)C2. The Bertz CT molecular complexity index is 593. The van der Waals surface area contributed by atoms with Crippen LogP contribution < -0.4 is 9.47 Å². The first-order chi connectivity index (χ1) is 9.78. The van der Waals surface area contributed by atoms with Crippen molar-refractivity contribution in [2.24, 2.45) is 0 Å². The van der Waals surface area contributed by atoms with Gasteiger partial charge < -0.3 is 14.6 Å². The highest BCUT2D eigenvalue weighted by Crippen LogP contribution is 2.39. The Balaban J connectivity index is 2.41.